The molecular formula is C40H42Cl2N4O7. The van der Waals surface area contributed by atoms with Gasteiger partial charge in [-0.1, -0.05) is 41.4 Å². The van der Waals surface area contributed by atoms with Crippen molar-refractivity contribution in [2.45, 2.75) is 69.6 Å². The quantitative estimate of drug-likeness (QED) is 0.114. The van der Waals surface area contributed by atoms with Gasteiger partial charge < -0.3 is 24.5 Å². The normalized spacial score (nSPS) is 20.2. The third-order valence-electron chi connectivity index (χ3n) is 10.7. The number of carboxylic acids is 1. The number of amides is 1. The van der Waals surface area contributed by atoms with Gasteiger partial charge >= 0.3 is 12.1 Å². The standard InChI is InChI=1S/C40H42Cl2N4O7/c1-51-36-11-9-27(18-37(36)52-29-6-2-3-7-29)31(19-33-34(41)22-45(50)23-35(33)42)32-17-25(8-10-30(32)39(47)48)21-46(28-5-4-14-43-20-28)40(49)53-38-24-44-15-12-26(38)13-16-44/h4-5,8-11,14,17-18,20,22-23,26,29,31,38H,2-3,6-7,12-13,15-16,19,21,24H2,1H3,(H,47,48)/t31-,38+/m1/s1. The lowest BCUT2D eigenvalue weighted by molar-refractivity contribution is -0.605. The Hall–Kier alpha value is -4.58. The fourth-order valence-corrected chi connectivity index (χ4v) is 8.51. The summed E-state index contributed by atoms with van der Waals surface area (Å²) in [6, 6.07) is 14.2. The van der Waals surface area contributed by atoms with E-state index in [9.17, 15) is 19.9 Å². The number of hydrogen-bond acceptors (Lipinski definition) is 8. The number of aromatic nitrogens is 2. The highest BCUT2D eigenvalue weighted by molar-refractivity contribution is 6.35. The number of piperidine rings is 3. The van der Waals surface area contributed by atoms with Gasteiger partial charge in [0.15, 0.2) is 23.9 Å². The van der Waals surface area contributed by atoms with Crippen molar-refractivity contribution < 1.29 is 33.6 Å². The fourth-order valence-electron chi connectivity index (χ4n) is 7.91. The van der Waals surface area contributed by atoms with Crippen LogP contribution in [0.25, 0.3) is 0 Å². The maximum atomic E-state index is 14.0. The van der Waals surface area contributed by atoms with Crippen LogP contribution in [0.15, 0.2) is 73.3 Å². The number of nitrogens with zero attached hydrogens (tertiary/aromatic N) is 4. The van der Waals surface area contributed by atoms with Crippen LogP contribution < -0.4 is 19.1 Å². The molecule has 4 aliphatic rings. The molecule has 2 bridgehead atoms. The van der Waals surface area contributed by atoms with Gasteiger partial charge in [-0.25, -0.2) is 9.59 Å². The van der Waals surface area contributed by atoms with Crippen LogP contribution in [-0.2, 0) is 17.7 Å². The lowest BCUT2D eigenvalue weighted by Gasteiger charge is -2.44. The van der Waals surface area contributed by atoms with Crippen LogP contribution in [-0.4, -0.2) is 66.0 Å². The van der Waals surface area contributed by atoms with Gasteiger partial charge in [0, 0.05) is 24.2 Å². The van der Waals surface area contributed by atoms with Crippen molar-refractivity contribution in [3.05, 3.63) is 116 Å². The minimum Gasteiger partial charge on any atom is -0.619 e. The minimum absolute atomic E-state index is 0.0419. The molecule has 2 atom stereocenters. The summed E-state index contributed by atoms with van der Waals surface area (Å²) in [5, 5.41) is 23.0. The summed E-state index contributed by atoms with van der Waals surface area (Å²) in [5.74, 6) is -0.317. The summed E-state index contributed by atoms with van der Waals surface area (Å²) in [7, 11) is 1.58. The van der Waals surface area contributed by atoms with E-state index in [4.69, 9.17) is 37.4 Å². The number of fused-ring (bicyclic) bond motifs is 3. The zero-order chi connectivity index (χ0) is 37.1. The number of rotatable bonds is 12. The van der Waals surface area contributed by atoms with Crippen LogP contribution >= 0.6 is 23.2 Å². The molecule has 0 spiro atoms. The monoisotopic (exact) mass is 760 g/mol. The number of ether oxygens (including phenoxy) is 3. The van der Waals surface area contributed by atoms with Crippen LogP contribution in [0.1, 0.15) is 77.1 Å². The number of methoxy groups -OCH3 is 1. The molecule has 13 heteroatoms. The first-order chi connectivity index (χ1) is 25.7. The first-order valence-electron chi connectivity index (χ1n) is 18.0. The van der Waals surface area contributed by atoms with Gasteiger partial charge in [0.25, 0.3) is 0 Å². The molecule has 2 aromatic heterocycles. The Labute approximate surface area is 318 Å². The molecule has 3 saturated heterocycles. The van der Waals surface area contributed by atoms with E-state index in [-0.39, 0.29) is 40.8 Å². The van der Waals surface area contributed by atoms with Crippen LogP contribution in [0.4, 0.5) is 10.5 Å². The number of aromatic carboxylic acids is 1. The molecule has 1 amide bonds. The molecule has 3 aliphatic heterocycles. The van der Waals surface area contributed by atoms with Gasteiger partial charge in [-0.05, 0) is 111 Å². The number of carbonyl (C=O) groups excluding carboxylic acids is 1. The number of benzene rings is 2. The number of halogens is 2. The molecular weight excluding hydrogens is 719 g/mol. The molecule has 4 aromatic rings. The zero-order valence-corrected chi connectivity index (χ0v) is 31.0. The molecule has 8 rings (SSSR count). The molecule has 4 fully saturated rings. The average molecular weight is 762 g/mol. The van der Waals surface area contributed by atoms with E-state index in [1.165, 1.54) is 17.3 Å². The molecule has 53 heavy (non-hydrogen) atoms. The fraction of sp³-hybridized carbons (Fsp3) is 0.400. The van der Waals surface area contributed by atoms with Crippen LogP contribution in [0, 0.1) is 11.1 Å². The minimum atomic E-state index is -1.12. The summed E-state index contributed by atoms with van der Waals surface area (Å²) >= 11 is 13.2. The molecule has 1 N–H and O–H groups in total. The molecule has 1 saturated carbocycles. The molecule has 5 heterocycles. The number of carbonyl (C=O) groups is 2. The second kappa shape index (κ2) is 16.2. The van der Waals surface area contributed by atoms with E-state index >= 15 is 0 Å². The smallest absolute Gasteiger partial charge is 0.414 e. The third-order valence-corrected chi connectivity index (χ3v) is 11.4. The highest BCUT2D eigenvalue weighted by atomic mass is 35.5. The molecule has 1 aliphatic carbocycles. The van der Waals surface area contributed by atoms with Crippen molar-refractivity contribution in [1.82, 2.24) is 9.88 Å². The molecule has 2 aromatic carbocycles. The van der Waals surface area contributed by atoms with E-state index in [2.05, 4.69) is 9.88 Å². The van der Waals surface area contributed by atoms with Crippen molar-refractivity contribution in [2.75, 3.05) is 31.6 Å². The first kappa shape index (κ1) is 36.8. The summed E-state index contributed by atoms with van der Waals surface area (Å²) in [5.41, 5.74) is 2.97. The summed E-state index contributed by atoms with van der Waals surface area (Å²) < 4.78 is 18.8. The van der Waals surface area contributed by atoms with Gasteiger partial charge in [-0.2, -0.15) is 4.73 Å². The number of hydrogen-bond donors (Lipinski definition) is 1. The predicted molar refractivity (Wildman–Crippen MR) is 200 cm³/mol. The van der Waals surface area contributed by atoms with Crippen molar-refractivity contribution >= 4 is 41.0 Å². The van der Waals surface area contributed by atoms with E-state index in [1.54, 1.807) is 49.8 Å². The van der Waals surface area contributed by atoms with Gasteiger partial charge in [-0.3, -0.25) is 14.8 Å². The molecule has 11 nitrogen and oxygen atoms in total. The van der Waals surface area contributed by atoms with E-state index in [0.717, 1.165) is 57.2 Å². The van der Waals surface area contributed by atoms with Crippen molar-refractivity contribution in [1.29, 1.82) is 0 Å². The molecule has 0 radical (unpaired) electrons. The average Bonchev–Trinajstić information content (AvgIpc) is 3.67. The second-order valence-corrected chi connectivity index (χ2v) is 14.9. The van der Waals surface area contributed by atoms with Gasteiger partial charge in [0.1, 0.15) is 16.1 Å². The van der Waals surface area contributed by atoms with E-state index in [1.807, 2.05) is 18.2 Å². The highest BCUT2D eigenvalue weighted by Gasteiger charge is 2.38. The zero-order valence-electron chi connectivity index (χ0n) is 29.5. The number of pyridine rings is 2. The van der Waals surface area contributed by atoms with Crippen molar-refractivity contribution in [3.8, 4) is 11.5 Å². The first-order valence-corrected chi connectivity index (χ1v) is 18.8. The van der Waals surface area contributed by atoms with Gasteiger partial charge in [-0.15, -0.1) is 0 Å². The Kier molecular flexibility index (Phi) is 11.2. The highest BCUT2D eigenvalue weighted by Crippen LogP contribution is 2.41. The maximum absolute atomic E-state index is 14.0. The lowest BCUT2D eigenvalue weighted by atomic mass is 9.82. The Bertz CT molecular complexity index is 1930. The number of carboxylic acid groups (broad SMARTS) is 1. The number of anilines is 1. The van der Waals surface area contributed by atoms with Crippen LogP contribution in [0.5, 0.6) is 11.5 Å². The SMILES string of the molecule is COc1ccc([C@@H](Cc2c(Cl)c[n+]([O-])cc2Cl)c2cc(CN(C(=O)O[C@H]3CN4CCC3CC4)c3cccnc3)ccc2C(=O)O)cc1OC1CCCC1. The Morgan fingerprint density at radius 2 is 1.79 bits per heavy atom. The largest absolute Gasteiger partial charge is 0.619 e. The molecule has 278 valence electrons. The third kappa shape index (κ3) is 8.32. The Morgan fingerprint density at radius 3 is 2.43 bits per heavy atom. The van der Waals surface area contributed by atoms with E-state index < -0.39 is 18.0 Å². The van der Waals surface area contributed by atoms with Gasteiger partial charge in [0.2, 0.25) is 0 Å². The van der Waals surface area contributed by atoms with E-state index in [0.29, 0.717) is 51.1 Å². The van der Waals surface area contributed by atoms with Gasteiger partial charge in [0.05, 0.1) is 37.2 Å². The Balaban J connectivity index is 1.29. The Morgan fingerprint density at radius 1 is 1.04 bits per heavy atom. The maximum Gasteiger partial charge on any atom is 0.414 e. The van der Waals surface area contributed by atoms with Crippen molar-refractivity contribution in [3.63, 3.8) is 0 Å². The lowest BCUT2D eigenvalue weighted by Crippen LogP contribution is -2.53. The predicted octanol–water partition coefficient (Wildman–Crippen LogP) is 7.66. The summed E-state index contributed by atoms with van der Waals surface area (Å²) in [6.45, 7) is 2.84. The summed E-state index contributed by atoms with van der Waals surface area (Å²) in [6.07, 6.45) is 11.2. The summed E-state index contributed by atoms with van der Waals surface area (Å²) in [4.78, 5) is 35.0. The molecule has 0 unspecified atom stereocenters. The van der Waals surface area contributed by atoms with Crippen molar-refractivity contribution in [2.24, 2.45) is 5.92 Å². The second-order valence-electron chi connectivity index (χ2n) is 14.1. The van der Waals surface area contributed by atoms with Crippen LogP contribution in [0.3, 0.4) is 0 Å². The topological polar surface area (TPSA) is 128 Å². The van der Waals surface area contributed by atoms with Crippen LogP contribution in [0.2, 0.25) is 10.0 Å².